The number of hydrogen-bond acceptors (Lipinski definition) is 3. The summed E-state index contributed by atoms with van der Waals surface area (Å²) in [7, 11) is 1.44. The number of rotatable bonds is 2. The molecule has 3 nitrogen and oxygen atoms in total. The molecule has 3 heteroatoms. The van der Waals surface area contributed by atoms with E-state index in [1.54, 1.807) is 6.20 Å². The van der Waals surface area contributed by atoms with E-state index in [1.807, 2.05) is 24.3 Å². The molecule has 0 aromatic carbocycles. The number of carbonyl (C=O) groups is 1. The zero-order valence-electron chi connectivity index (χ0n) is 9.35. The normalized spacial score (nSPS) is 24.1. The lowest BCUT2D eigenvalue weighted by Crippen LogP contribution is -2.38. The predicted octanol–water partition coefficient (Wildman–Crippen LogP) is 2.23. The van der Waals surface area contributed by atoms with Crippen molar-refractivity contribution in [1.29, 1.82) is 0 Å². The van der Waals surface area contributed by atoms with Crippen LogP contribution >= 0.6 is 0 Å². The summed E-state index contributed by atoms with van der Waals surface area (Å²) in [5.41, 5.74) is 0.233. The molecular weight excluding hydrogens is 202 g/mol. The van der Waals surface area contributed by atoms with E-state index in [4.69, 9.17) is 4.74 Å². The van der Waals surface area contributed by atoms with Gasteiger partial charge in [0.1, 0.15) is 5.41 Å². The molecule has 1 atom stereocenters. The van der Waals surface area contributed by atoms with Crippen molar-refractivity contribution in [2.24, 2.45) is 0 Å². The molecule has 0 spiro atoms. The van der Waals surface area contributed by atoms with Crippen LogP contribution in [-0.4, -0.2) is 18.1 Å². The second-order valence-corrected chi connectivity index (χ2v) is 4.00. The number of nitrogens with zero attached hydrogens (tertiary/aromatic N) is 1. The molecule has 0 saturated heterocycles. The van der Waals surface area contributed by atoms with Gasteiger partial charge in [-0.1, -0.05) is 18.2 Å². The Morgan fingerprint density at radius 3 is 2.88 bits per heavy atom. The van der Waals surface area contributed by atoms with Gasteiger partial charge in [0.05, 0.1) is 12.8 Å². The van der Waals surface area contributed by atoms with Gasteiger partial charge in [-0.25, -0.2) is 0 Å². The summed E-state index contributed by atoms with van der Waals surface area (Å²) in [6.07, 6.45) is 8.20. The lowest BCUT2D eigenvalue weighted by Gasteiger charge is -2.31. The van der Waals surface area contributed by atoms with Crippen LogP contribution in [0.4, 0.5) is 0 Å². The number of carbonyl (C=O) groups excluding carboxylic acids is 1. The molecule has 1 aromatic rings. The molecule has 1 aromatic heterocycles. The van der Waals surface area contributed by atoms with E-state index >= 15 is 0 Å². The van der Waals surface area contributed by atoms with Crippen molar-refractivity contribution in [2.45, 2.75) is 24.7 Å². The number of methoxy groups -OCH3 is 1. The summed E-state index contributed by atoms with van der Waals surface area (Å²) in [5, 5.41) is 0. The van der Waals surface area contributed by atoms with Crippen molar-refractivity contribution < 1.29 is 9.53 Å². The van der Waals surface area contributed by atoms with E-state index in [2.05, 4.69) is 11.1 Å². The van der Waals surface area contributed by atoms with Crippen molar-refractivity contribution in [3.8, 4) is 0 Å². The highest BCUT2D eigenvalue weighted by Crippen LogP contribution is 2.36. The first-order valence-electron chi connectivity index (χ1n) is 5.44. The summed E-state index contributed by atoms with van der Waals surface area (Å²) < 4.78 is 4.93. The van der Waals surface area contributed by atoms with Crippen molar-refractivity contribution in [3.05, 3.63) is 42.2 Å². The van der Waals surface area contributed by atoms with Crippen molar-refractivity contribution >= 4 is 5.97 Å². The Labute approximate surface area is 95.2 Å². The number of allylic oxidation sites excluding steroid dienone is 2. The zero-order valence-corrected chi connectivity index (χ0v) is 9.35. The molecule has 84 valence electrons. The Morgan fingerprint density at radius 1 is 1.44 bits per heavy atom. The average molecular weight is 217 g/mol. The fraction of sp³-hybridized carbons (Fsp3) is 0.385. The zero-order chi connectivity index (χ0) is 11.4. The lowest BCUT2D eigenvalue weighted by atomic mass is 9.74. The molecule has 1 heterocycles. The quantitative estimate of drug-likeness (QED) is 0.563. The molecule has 0 N–H and O–H groups in total. The van der Waals surface area contributed by atoms with Crippen LogP contribution in [0.2, 0.25) is 0 Å². The van der Waals surface area contributed by atoms with Crippen LogP contribution in [0.1, 0.15) is 25.0 Å². The van der Waals surface area contributed by atoms with Crippen LogP contribution in [0, 0.1) is 0 Å². The lowest BCUT2D eigenvalue weighted by molar-refractivity contribution is -0.148. The molecule has 0 aliphatic heterocycles. The van der Waals surface area contributed by atoms with Crippen LogP contribution in [-0.2, 0) is 14.9 Å². The van der Waals surface area contributed by atoms with Gasteiger partial charge < -0.3 is 4.74 Å². The minimum absolute atomic E-state index is 0.185. The summed E-state index contributed by atoms with van der Waals surface area (Å²) >= 11 is 0. The molecule has 2 rings (SSSR count). The minimum atomic E-state index is -0.579. The van der Waals surface area contributed by atoms with Crippen molar-refractivity contribution in [3.63, 3.8) is 0 Å². The molecule has 0 radical (unpaired) electrons. The van der Waals surface area contributed by atoms with Crippen LogP contribution in [0.25, 0.3) is 0 Å². The highest BCUT2D eigenvalue weighted by atomic mass is 16.5. The minimum Gasteiger partial charge on any atom is -0.468 e. The van der Waals surface area contributed by atoms with Gasteiger partial charge in [0.2, 0.25) is 0 Å². The maximum atomic E-state index is 12.0. The van der Waals surface area contributed by atoms with E-state index < -0.39 is 5.41 Å². The summed E-state index contributed by atoms with van der Waals surface area (Å²) in [4.78, 5) is 16.3. The number of hydrogen-bond donors (Lipinski definition) is 0. The molecule has 1 aliphatic rings. The van der Waals surface area contributed by atoms with E-state index in [0.29, 0.717) is 6.42 Å². The van der Waals surface area contributed by atoms with Crippen LogP contribution in [0.15, 0.2) is 36.5 Å². The molecule has 1 aliphatic carbocycles. The first-order valence-corrected chi connectivity index (χ1v) is 5.44. The topological polar surface area (TPSA) is 39.2 Å². The number of esters is 1. The van der Waals surface area contributed by atoms with Gasteiger partial charge in [0.15, 0.2) is 0 Å². The first-order chi connectivity index (χ1) is 7.79. The predicted molar refractivity (Wildman–Crippen MR) is 60.9 cm³/mol. The SMILES string of the molecule is COC(=O)[C@]1(c2ccccn2)CC=CCC1. The summed E-state index contributed by atoms with van der Waals surface area (Å²) in [5.74, 6) is -0.185. The van der Waals surface area contributed by atoms with Gasteiger partial charge in [-0.2, -0.15) is 0 Å². The van der Waals surface area contributed by atoms with E-state index in [1.165, 1.54) is 7.11 Å². The monoisotopic (exact) mass is 217 g/mol. The third-order valence-corrected chi connectivity index (χ3v) is 3.10. The van der Waals surface area contributed by atoms with E-state index in [-0.39, 0.29) is 5.97 Å². The van der Waals surface area contributed by atoms with Gasteiger partial charge in [-0.15, -0.1) is 0 Å². The first kappa shape index (κ1) is 10.9. The second-order valence-electron chi connectivity index (χ2n) is 4.00. The fourth-order valence-electron chi connectivity index (χ4n) is 2.20. The van der Waals surface area contributed by atoms with Gasteiger partial charge in [-0.05, 0) is 31.4 Å². The Kier molecular flexibility index (Phi) is 3.04. The molecular formula is C13H15NO2. The number of aromatic nitrogens is 1. The highest BCUT2D eigenvalue weighted by Gasteiger charge is 2.42. The molecule has 0 saturated carbocycles. The molecule has 0 fully saturated rings. The summed E-state index contributed by atoms with van der Waals surface area (Å²) in [6, 6.07) is 5.66. The van der Waals surface area contributed by atoms with E-state index in [0.717, 1.165) is 18.5 Å². The third-order valence-electron chi connectivity index (χ3n) is 3.10. The second kappa shape index (κ2) is 4.47. The smallest absolute Gasteiger partial charge is 0.318 e. The standard InChI is InChI=1S/C13H15NO2/c1-16-12(15)13(8-4-2-5-9-13)11-7-3-6-10-14-11/h2-4,6-7,10H,5,8-9H2,1H3/t13-/m1/s1. The molecule has 0 unspecified atom stereocenters. The van der Waals surface area contributed by atoms with Crippen LogP contribution in [0.5, 0.6) is 0 Å². The maximum absolute atomic E-state index is 12.0. The summed E-state index contributed by atoms with van der Waals surface area (Å²) in [6.45, 7) is 0. The number of pyridine rings is 1. The Bertz CT molecular complexity index is 400. The molecule has 16 heavy (non-hydrogen) atoms. The van der Waals surface area contributed by atoms with Gasteiger partial charge in [0, 0.05) is 6.20 Å². The van der Waals surface area contributed by atoms with Crippen LogP contribution < -0.4 is 0 Å². The van der Waals surface area contributed by atoms with Crippen molar-refractivity contribution in [2.75, 3.05) is 7.11 Å². The third kappa shape index (κ3) is 1.73. The Morgan fingerprint density at radius 2 is 2.31 bits per heavy atom. The van der Waals surface area contributed by atoms with Gasteiger partial charge in [0.25, 0.3) is 0 Å². The fourth-order valence-corrected chi connectivity index (χ4v) is 2.20. The Hall–Kier alpha value is -1.64. The molecule has 0 amide bonds. The van der Waals surface area contributed by atoms with Gasteiger partial charge >= 0.3 is 5.97 Å². The average Bonchev–Trinajstić information content (AvgIpc) is 2.39. The van der Waals surface area contributed by atoms with E-state index in [9.17, 15) is 4.79 Å². The number of ether oxygens (including phenoxy) is 1. The molecule has 0 bridgehead atoms. The van der Waals surface area contributed by atoms with Crippen LogP contribution in [0.3, 0.4) is 0 Å². The van der Waals surface area contributed by atoms with Gasteiger partial charge in [-0.3, -0.25) is 9.78 Å². The van der Waals surface area contributed by atoms with Crippen molar-refractivity contribution in [1.82, 2.24) is 4.98 Å². The highest BCUT2D eigenvalue weighted by molar-refractivity contribution is 5.83. The largest absolute Gasteiger partial charge is 0.468 e. The Balaban J connectivity index is 2.42. The maximum Gasteiger partial charge on any atom is 0.318 e.